The third kappa shape index (κ3) is 10.1. The molecule has 2 aliphatic heterocycles. The zero-order valence-corrected chi connectivity index (χ0v) is 26.0. The Labute approximate surface area is 251 Å². The fraction of sp³-hybridized carbons (Fsp3) is 0.600. The van der Waals surface area contributed by atoms with Gasteiger partial charge in [-0.3, -0.25) is 4.79 Å². The summed E-state index contributed by atoms with van der Waals surface area (Å²) in [6.07, 6.45) is 13.6. The van der Waals surface area contributed by atoms with Gasteiger partial charge in [0, 0.05) is 3.57 Å². The number of carbonyl (C=O) groups excluding carboxylic acids is 1. The number of hydrogen-bond donors (Lipinski definition) is 3. The minimum absolute atomic E-state index is 0.0750. The minimum Gasteiger partial charge on any atom is -0.481 e. The van der Waals surface area contributed by atoms with Crippen LogP contribution in [0.4, 0.5) is 10.5 Å². The van der Waals surface area contributed by atoms with Crippen molar-refractivity contribution in [2.24, 2.45) is 0 Å². The summed E-state index contributed by atoms with van der Waals surface area (Å²) in [5.41, 5.74) is 1.25. The number of carboxylic acid groups (broad SMARTS) is 1. The highest BCUT2D eigenvalue weighted by atomic mass is 127. The highest BCUT2D eigenvalue weighted by Crippen LogP contribution is 2.40. The van der Waals surface area contributed by atoms with Crippen molar-refractivity contribution in [1.82, 2.24) is 5.32 Å². The van der Waals surface area contributed by atoms with Crippen molar-refractivity contribution in [2.45, 2.75) is 109 Å². The van der Waals surface area contributed by atoms with Crippen molar-refractivity contribution in [3.8, 4) is 0 Å². The maximum Gasteiger partial charge on any atom is 0.319 e. The average Bonchev–Trinajstić information content (AvgIpc) is 3.36. The number of carboxylic acids is 1. The summed E-state index contributed by atoms with van der Waals surface area (Å²) < 4.78 is 25.1. The zero-order valence-electron chi connectivity index (χ0n) is 23.9. The number of halogens is 1. The van der Waals surface area contributed by atoms with Crippen LogP contribution in [-0.4, -0.2) is 60.1 Å². The van der Waals surface area contributed by atoms with Crippen molar-refractivity contribution in [1.29, 1.82) is 0 Å². The second-order valence-electron chi connectivity index (χ2n) is 10.7. The topological polar surface area (TPSA) is 115 Å². The summed E-state index contributed by atoms with van der Waals surface area (Å²) in [7, 11) is 0. The first-order valence-corrected chi connectivity index (χ1v) is 15.2. The van der Waals surface area contributed by atoms with Gasteiger partial charge in [0.2, 0.25) is 0 Å². The van der Waals surface area contributed by atoms with Crippen LogP contribution < -0.4 is 10.6 Å². The molecule has 0 aromatic heterocycles. The molecule has 9 nitrogen and oxygen atoms in total. The van der Waals surface area contributed by atoms with E-state index in [4.69, 9.17) is 24.1 Å². The Bertz CT molecular complexity index is 1040. The minimum atomic E-state index is -0.905. The molecule has 1 aromatic rings. The smallest absolute Gasteiger partial charge is 0.319 e. The van der Waals surface area contributed by atoms with E-state index in [9.17, 15) is 9.59 Å². The van der Waals surface area contributed by atoms with Crippen LogP contribution in [-0.2, 0) is 30.2 Å². The average molecular weight is 671 g/mol. The number of amides is 2. The van der Waals surface area contributed by atoms with Crippen molar-refractivity contribution >= 4 is 40.3 Å². The molecule has 2 aliphatic rings. The standard InChI is InChI=1S/C30H43IN2O7/c1-5-6-7-8-9-10-11-12-13-14-17-37-28-27-26(39-30(3,4)40-27)25(38-28)20(2)32-29(36)33-23-16-15-21(18-22(23)31)19-24(34)35/h11-16,18,20,25-28H,5-10,17,19H2,1-4H3,(H,34,35)(H2,32,33,36)/b12-11+,14-13+/t20-,25+,26-,27-,28-/m0/s1. The van der Waals surface area contributed by atoms with Gasteiger partial charge in [0.05, 0.1) is 24.8 Å². The van der Waals surface area contributed by atoms with Crippen LogP contribution in [0.25, 0.3) is 0 Å². The summed E-state index contributed by atoms with van der Waals surface area (Å²) in [5.74, 6) is -1.69. The lowest BCUT2D eigenvalue weighted by molar-refractivity contribution is -0.232. The number of rotatable bonds is 15. The Morgan fingerprint density at radius 3 is 2.58 bits per heavy atom. The van der Waals surface area contributed by atoms with Crippen molar-refractivity contribution in [2.75, 3.05) is 11.9 Å². The molecule has 0 bridgehead atoms. The van der Waals surface area contributed by atoms with Gasteiger partial charge >= 0.3 is 12.0 Å². The number of fused-ring (bicyclic) bond motifs is 1. The molecule has 222 valence electrons. The van der Waals surface area contributed by atoms with Crippen molar-refractivity contribution in [3.05, 3.63) is 51.6 Å². The Kier molecular flexibility index (Phi) is 12.9. The molecule has 2 heterocycles. The molecular formula is C30H43IN2O7. The first-order chi connectivity index (χ1) is 19.1. The Balaban J connectivity index is 1.49. The van der Waals surface area contributed by atoms with Gasteiger partial charge in [-0.05, 0) is 73.9 Å². The van der Waals surface area contributed by atoms with Gasteiger partial charge in [-0.2, -0.15) is 0 Å². The van der Waals surface area contributed by atoms with Gasteiger partial charge in [0.15, 0.2) is 12.1 Å². The zero-order chi connectivity index (χ0) is 29.1. The Hall–Kier alpha value is -1.99. The molecule has 0 unspecified atom stereocenters. The van der Waals surface area contributed by atoms with Gasteiger partial charge < -0.3 is 34.7 Å². The number of carbonyl (C=O) groups is 2. The number of benzene rings is 1. The first kappa shape index (κ1) is 32.5. The lowest BCUT2D eigenvalue weighted by Gasteiger charge is -2.27. The summed E-state index contributed by atoms with van der Waals surface area (Å²) >= 11 is 2.07. The molecule has 3 rings (SSSR count). The number of anilines is 1. The maximum atomic E-state index is 12.8. The van der Waals surface area contributed by atoms with Crippen LogP contribution in [0.5, 0.6) is 0 Å². The number of ether oxygens (including phenoxy) is 4. The number of allylic oxidation sites excluding steroid dienone is 3. The maximum absolute atomic E-state index is 12.8. The van der Waals surface area contributed by atoms with E-state index in [-0.39, 0.29) is 6.42 Å². The highest BCUT2D eigenvalue weighted by molar-refractivity contribution is 14.1. The van der Waals surface area contributed by atoms with Crippen LogP contribution in [0.3, 0.4) is 0 Å². The van der Waals surface area contributed by atoms with Crippen molar-refractivity contribution in [3.63, 3.8) is 0 Å². The summed E-state index contributed by atoms with van der Waals surface area (Å²) in [6.45, 7) is 8.15. The van der Waals surface area contributed by atoms with Gasteiger partial charge in [-0.25, -0.2) is 4.79 Å². The Morgan fingerprint density at radius 1 is 1.12 bits per heavy atom. The molecule has 2 amide bonds. The molecule has 40 heavy (non-hydrogen) atoms. The number of unbranched alkanes of at least 4 members (excludes halogenated alkanes) is 5. The van der Waals surface area contributed by atoms with E-state index < -0.39 is 48.4 Å². The molecule has 0 radical (unpaired) electrons. The molecule has 2 saturated heterocycles. The molecule has 5 atom stereocenters. The quantitative estimate of drug-likeness (QED) is 0.116. The van der Waals surface area contributed by atoms with Crippen LogP contribution in [0.15, 0.2) is 42.5 Å². The van der Waals surface area contributed by atoms with Gasteiger partial charge in [-0.15, -0.1) is 0 Å². The normalized spacial score (nSPS) is 24.4. The monoisotopic (exact) mass is 670 g/mol. The first-order valence-electron chi connectivity index (χ1n) is 14.1. The third-order valence-electron chi connectivity index (χ3n) is 6.75. The number of hydrogen-bond acceptors (Lipinski definition) is 6. The van der Waals surface area contributed by atoms with Crippen LogP contribution in [0, 0.1) is 3.57 Å². The molecule has 1 aromatic carbocycles. The van der Waals surface area contributed by atoms with Crippen LogP contribution in [0.2, 0.25) is 0 Å². The third-order valence-corrected chi connectivity index (χ3v) is 7.64. The van der Waals surface area contributed by atoms with Crippen LogP contribution in [0.1, 0.15) is 71.8 Å². The predicted octanol–water partition coefficient (Wildman–Crippen LogP) is 6.16. The number of nitrogens with one attached hydrogen (secondary N) is 2. The second kappa shape index (κ2) is 15.9. The lowest BCUT2D eigenvalue weighted by Crippen LogP contribution is -2.48. The van der Waals surface area contributed by atoms with E-state index in [0.29, 0.717) is 17.9 Å². The second-order valence-corrected chi connectivity index (χ2v) is 11.9. The predicted molar refractivity (Wildman–Crippen MR) is 162 cm³/mol. The SMILES string of the molecule is CCCCCCC/C=C/C=C/CO[C@H]1O[C@H]([C@H](C)NC(=O)Nc2ccc(CC(=O)O)cc2I)[C@@H]2OC(C)(C)O[C@H]12. The summed E-state index contributed by atoms with van der Waals surface area (Å²) in [6, 6.07) is 4.32. The molecular weight excluding hydrogens is 627 g/mol. The van der Waals surface area contributed by atoms with Gasteiger partial charge in [0.1, 0.15) is 18.3 Å². The van der Waals surface area contributed by atoms with Gasteiger partial charge in [0.25, 0.3) is 0 Å². The van der Waals surface area contributed by atoms with E-state index in [0.717, 1.165) is 9.99 Å². The van der Waals surface area contributed by atoms with E-state index in [2.05, 4.69) is 46.2 Å². The fourth-order valence-corrected chi connectivity index (χ4v) is 5.56. The van der Waals surface area contributed by atoms with Crippen LogP contribution >= 0.6 is 22.6 Å². The van der Waals surface area contributed by atoms with E-state index >= 15 is 0 Å². The number of urea groups is 1. The highest BCUT2D eigenvalue weighted by Gasteiger charge is 2.57. The molecule has 2 fully saturated rings. The Morgan fingerprint density at radius 2 is 1.85 bits per heavy atom. The molecule has 3 N–H and O–H groups in total. The van der Waals surface area contributed by atoms with E-state index in [1.807, 2.05) is 39.0 Å². The summed E-state index contributed by atoms with van der Waals surface area (Å²) in [5, 5.41) is 14.7. The van der Waals surface area contributed by atoms with E-state index in [1.165, 1.54) is 32.1 Å². The largest absolute Gasteiger partial charge is 0.481 e. The summed E-state index contributed by atoms with van der Waals surface area (Å²) in [4.78, 5) is 23.7. The van der Waals surface area contributed by atoms with Crippen molar-refractivity contribution < 1.29 is 33.6 Å². The number of aliphatic carboxylic acids is 1. The molecule has 0 spiro atoms. The van der Waals surface area contributed by atoms with Gasteiger partial charge in [-0.1, -0.05) is 63.0 Å². The molecule has 0 saturated carbocycles. The molecule has 0 aliphatic carbocycles. The molecule has 10 heteroatoms. The fourth-order valence-electron chi connectivity index (χ4n) is 4.84. The van der Waals surface area contributed by atoms with E-state index in [1.54, 1.807) is 18.2 Å². The lowest BCUT2D eigenvalue weighted by atomic mass is 10.1.